The number of rotatable bonds is 3. The van der Waals surface area contributed by atoms with Gasteiger partial charge in [0.25, 0.3) is 5.92 Å². The second kappa shape index (κ2) is 3.85. The topological polar surface area (TPSA) is 63.8 Å². The van der Waals surface area contributed by atoms with Crippen LogP contribution in [-0.2, 0) is 5.92 Å². The van der Waals surface area contributed by atoms with Gasteiger partial charge in [-0.1, -0.05) is 18.2 Å². The van der Waals surface area contributed by atoms with Gasteiger partial charge in [-0.25, -0.2) is 5.84 Å². The highest BCUT2D eigenvalue weighted by Crippen LogP contribution is 2.33. The number of nitrogen functional groups attached to an aromatic ring is 1. The maximum Gasteiger partial charge on any atom is 0.295 e. The van der Waals surface area contributed by atoms with Crippen molar-refractivity contribution in [1.82, 2.24) is 10.2 Å². The molecule has 1 aromatic rings. The Labute approximate surface area is 83.7 Å². The number of hydrogen-bond donors (Lipinski definition) is 2. The molecule has 0 unspecified atom stereocenters. The van der Waals surface area contributed by atoms with E-state index in [0.29, 0.717) is 6.08 Å². The predicted molar refractivity (Wildman–Crippen MR) is 48.9 cm³/mol. The Kier molecular flexibility index (Phi) is 2.97. The summed E-state index contributed by atoms with van der Waals surface area (Å²) in [5.74, 6) is 1.50. The van der Waals surface area contributed by atoms with Gasteiger partial charge < -0.3 is 5.43 Å². The van der Waals surface area contributed by atoms with E-state index in [1.165, 1.54) is 0 Å². The van der Waals surface area contributed by atoms with Gasteiger partial charge in [-0.15, -0.1) is 10.2 Å². The average molecular weight is 221 g/mol. The second-order valence-corrected chi connectivity index (χ2v) is 2.79. The molecule has 0 bridgehead atoms. The minimum atomic E-state index is -3.25. The number of hydrazine groups is 1. The van der Waals surface area contributed by atoms with Gasteiger partial charge >= 0.3 is 0 Å². The first-order valence-corrected chi connectivity index (χ1v) is 3.91. The van der Waals surface area contributed by atoms with E-state index < -0.39 is 11.5 Å². The molecule has 7 heteroatoms. The molecule has 0 aliphatic heterocycles. The van der Waals surface area contributed by atoms with Crippen LogP contribution in [0.25, 0.3) is 0 Å². The fourth-order valence-electron chi connectivity index (χ4n) is 0.839. The minimum Gasteiger partial charge on any atom is -0.307 e. The summed E-state index contributed by atoms with van der Waals surface area (Å²) in [6.45, 7) is 3.00. The Morgan fingerprint density at radius 3 is 2.71 bits per heavy atom. The molecule has 3 N–H and O–H groups in total. The van der Waals surface area contributed by atoms with Crippen LogP contribution in [0.2, 0.25) is 5.15 Å². The molecule has 4 nitrogen and oxygen atoms in total. The highest BCUT2D eigenvalue weighted by atomic mass is 35.5. The largest absolute Gasteiger partial charge is 0.307 e. The van der Waals surface area contributed by atoms with Crippen molar-refractivity contribution in [3.05, 3.63) is 29.4 Å². The highest BCUT2D eigenvalue weighted by Gasteiger charge is 2.31. The Morgan fingerprint density at radius 1 is 1.57 bits per heavy atom. The first-order valence-electron chi connectivity index (χ1n) is 3.53. The average Bonchev–Trinajstić information content (AvgIpc) is 2.18. The van der Waals surface area contributed by atoms with Crippen LogP contribution in [0.1, 0.15) is 5.56 Å². The van der Waals surface area contributed by atoms with Crippen LogP contribution >= 0.6 is 11.6 Å². The molecule has 14 heavy (non-hydrogen) atoms. The number of halogens is 3. The number of nitrogens with zero attached hydrogens (tertiary/aromatic N) is 2. The summed E-state index contributed by atoms with van der Waals surface area (Å²) in [5, 5.41) is 6.59. The summed E-state index contributed by atoms with van der Waals surface area (Å²) in [5.41, 5.74) is 1.54. The normalized spacial score (nSPS) is 11.1. The predicted octanol–water partition coefficient (Wildman–Crippen LogP) is 1.69. The summed E-state index contributed by atoms with van der Waals surface area (Å²) < 4.78 is 26.3. The molecule has 1 rings (SSSR count). The second-order valence-electron chi connectivity index (χ2n) is 2.40. The first kappa shape index (κ1) is 10.8. The summed E-state index contributed by atoms with van der Waals surface area (Å²) in [4.78, 5) is 0. The molecule has 1 aromatic heterocycles. The summed E-state index contributed by atoms with van der Waals surface area (Å²) in [6, 6.07) is 0.978. The van der Waals surface area contributed by atoms with Crippen molar-refractivity contribution in [3.63, 3.8) is 0 Å². The van der Waals surface area contributed by atoms with Crippen LogP contribution in [0.4, 0.5) is 14.6 Å². The van der Waals surface area contributed by atoms with E-state index in [0.717, 1.165) is 6.07 Å². The van der Waals surface area contributed by atoms with E-state index in [2.05, 4.69) is 16.8 Å². The third kappa shape index (κ3) is 1.97. The monoisotopic (exact) mass is 220 g/mol. The number of aromatic nitrogens is 2. The van der Waals surface area contributed by atoms with Crippen molar-refractivity contribution < 1.29 is 8.78 Å². The van der Waals surface area contributed by atoms with Gasteiger partial charge in [0.15, 0.2) is 11.0 Å². The number of anilines is 1. The molecule has 0 aromatic carbocycles. The van der Waals surface area contributed by atoms with Crippen LogP contribution in [0, 0.1) is 0 Å². The van der Waals surface area contributed by atoms with Crippen molar-refractivity contribution >= 4 is 17.4 Å². The Balaban J connectivity index is 3.30. The zero-order chi connectivity index (χ0) is 10.8. The number of hydrogen-bond acceptors (Lipinski definition) is 4. The van der Waals surface area contributed by atoms with Gasteiger partial charge in [-0.05, 0) is 12.1 Å². The van der Waals surface area contributed by atoms with Crippen molar-refractivity contribution in [2.45, 2.75) is 5.92 Å². The summed E-state index contributed by atoms with van der Waals surface area (Å²) in [7, 11) is 0. The first-order chi connectivity index (χ1) is 6.51. The van der Waals surface area contributed by atoms with E-state index in [4.69, 9.17) is 17.4 Å². The number of alkyl halides is 2. The zero-order valence-electron chi connectivity index (χ0n) is 6.97. The maximum absolute atomic E-state index is 13.2. The lowest BCUT2D eigenvalue weighted by Gasteiger charge is -2.14. The summed E-state index contributed by atoms with van der Waals surface area (Å²) >= 11 is 5.43. The third-order valence-electron chi connectivity index (χ3n) is 1.52. The molecule has 0 spiro atoms. The van der Waals surface area contributed by atoms with Crippen molar-refractivity contribution in [1.29, 1.82) is 0 Å². The number of nitrogens with one attached hydrogen (secondary N) is 1. The third-order valence-corrected chi connectivity index (χ3v) is 1.70. The maximum atomic E-state index is 13.2. The molecule has 0 amide bonds. The fourth-order valence-corrected chi connectivity index (χ4v) is 0.986. The van der Waals surface area contributed by atoms with E-state index in [-0.39, 0.29) is 11.0 Å². The molecule has 76 valence electrons. The van der Waals surface area contributed by atoms with Gasteiger partial charge in [-0.2, -0.15) is 8.78 Å². The van der Waals surface area contributed by atoms with Crippen LogP contribution in [0.15, 0.2) is 18.7 Å². The SMILES string of the molecule is C=CC(F)(F)c1cc(Cl)nnc1NN. The van der Waals surface area contributed by atoms with E-state index in [9.17, 15) is 8.78 Å². The molecule has 0 saturated heterocycles. The van der Waals surface area contributed by atoms with Crippen molar-refractivity contribution in [2.24, 2.45) is 5.84 Å². The van der Waals surface area contributed by atoms with Gasteiger partial charge in [0.2, 0.25) is 0 Å². The van der Waals surface area contributed by atoms with Crippen LogP contribution in [0.5, 0.6) is 0 Å². The lowest BCUT2D eigenvalue weighted by atomic mass is 10.1. The quantitative estimate of drug-likeness (QED) is 0.462. The van der Waals surface area contributed by atoms with Gasteiger partial charge in [0.05, 0.1) is 5.56 Å². The smallest absolute Gasteiger partial charge is 0.295 e. The minimum absolute atomic E-state index is 0.138. The van der Waals surface area contributed by atoms with Crippen LogP contribution in [-0.4, -0.2) is 10.2 Å². The van der Waals surface area contributed by atoms with Crippen molar-refractivity contribution in [2.75, 3.05) is 5.43 Å². The molecular formula is C7H7ClF2N4. The lowest BCUT2D eigenvalue weighted by Crippen LogP contribution is -2.18. The van der Waals surface area contributed by atoms with Gasteiger partial charge in [0.1, 0.15) is 0 Å². The molecule has 0 aliphatic rings. The Hall–Kier alpha value is -1.27. The molecule has 0 saturated carbocycles. The summed E-state index contributed by atoms with van der Waals surface area (Å²) in [6.07, 6.45) is 0.473. The Morgan fingerprint density at radius 2 is 2.21 bits per heavy atom. The fraction of sp³-hybridized carbons (Fsp3) is 0.143. The molecule has 0 atom stereocenters. The molecule has 0 fully saturated rings. The molecule has 0 aliphatic carbocycles. The van der Waals surface area contributed by atoms with E-state index >= 15 is 0 Å². The standard InChI is InChI=1S/C7H7ClF2N4/c1-2-7(9,10)4-3-5(8)13-14-6(4)12-11/h2-3H,1,11H2,(H,12,14). The van der Waals surface area contributed by atoms with E-state index in [1.807, 2.05) is 5.43 Å². The van der Waals surface area contributed by atoms with Crippen LogP contribution < -0.4 is 11.3 Å². The van der Waals surface area contributed by atoms with Gasteiger partial charge in [-0.3, -0.25) is 0 Å². The highest BCUT2D eigenvalue weighted by molar-refractivity contribution is 6.29. The molecule has 1 heterocycles. The number of allylic oxidation sites excluding steroid dienone is 1. The Bertz CT molecular complexity index is 356. The van der Waals surface area contributed by atoms with Gasteiger partial charge in [0, 0.05) is 0 Å². The van der Waals surface area contributed by atoms with Crippen molar-refractivity contribution in [3.8, 4) is 0 Å². The van der Waals surface area contributed by atoms with E-state index in [1.54, 1.807) is 0 Å². The molecule has 0 radical (unpaired) electrons. The number of nitrogens with two attached hydrogens (primary N) is 1. The lowest BCUT2D eigenvalue weighted by molar-refractivity contribution is 0.0528. The van der Waals surface area contributed by atoms with Crippen LogP contribution in [0.3, 0.4) is 0 Å². The zero-order valence-corrected chi connectivity index (χ0v) is 7.72. The molecular weight excluding hydrogens is 214 g/mol.